The van der Waals surface area contributed by atoms with Gasteiger partial charge in [0, 0.05) is 17.4 Å². The third-order valence-corrected chi connectivity index (χ3v) is 2.52. The Hall–Kier alpha value is -2.69. The minimum atomic E-state index is 0.515. The van der Waals surface area contributed by atoms with E-state index in [1.165, 1.54) is 0 Å². The first-order chi connectivity index (χ1) is 8.86. The maximum atomic E-state index is 10.3. The van der Waals surface area contributed by atoms with Gasteiger partial charge in [0.1, 0.15) is 0 Å². The minimum Gasteiger partial charge on any atom is -0.434 e. The topological polar surface area (TPSA) is 68.0 Å². The number of amides is 1. The van der Waals surface area contributed by atoms with Gasteiger partial charge in [-0.25, -0.2) is 4.98 Å². The summed E-state index contributed by atoms with van der Waals surface area (Å²) in [7, 11) is 0. The van der Waals surface area contributed by atoms with E-state index >= 15 is 0 Å². The Bertz CT molecular complexity index is 656. The third kappa shape index (κ3) is 1.82. The van der Waals surface area contributed by atoms with E-state index in [1.807, 2.05) is 18.2 Å². The second-order valence-corrected chi connectivity index (χ2v) is 3.68. The van der Waals surface area contributed by atoms with Crippen molar-refractivity contribution >= 4 is 23.3 Å². The summed E-state index contributed by atoms with van der Waals surface area (Å²) in [6.07, 6.45) is 2.31. The third-order valence-electron chi connectivity index (χ3n) is 2.52. The van der Waals surface area contributed by atoms with Crippen LogP contribution in [0.4, 0.5) is 5.69 Å². The fraction of sp³-hybridized carbons (Fsp3) is 0. The highest BCUT2D eigenvalue weighted by atomic mass is 16.3. The molecule has 3 aromatic rings. The van der Waals surface area contributed by atoms with Crippen LogP contribution in [-0.2, 0) is 4.79 Å². The van der Waals surface area contributed by atoms with E-state index in [2.05, 4.69) is 15.3 Å². The van der Waals surface area contributed by atoms with E-state index in [1.54, 1.807) is 24.4 Å². The lowest BCUT2D eigenvalue weighted by Crippen LogP contribution is -1.92. The lowest BCUT2D eigenvalue weighted by atomic mass is 10.2. The predicted molar refractivity (Wildman–Crippen MR) is 66.9 cm³/mol. The zero-order valence-corrected chi connectivity index (χ0v) is 9.33. The van der Waals surface area contributed by atoms with Crippen LogP contribution in [-0.4, -0.2) is 16.4 Å². The first-order valence-electron chi connectivity index (χ1n) is 5.39. The minimum absolute atomic E-state index is 0.515. The Morgan fingerprint density at radius 1 is 1.17 bits per heavy atom. The smallest absolute Gasteiger partial charge is 0.228 e. The Kier molecular flexibility index (Phi) is 2.49. The maximum Gasteiger partial charge on any atom is 0.228 e. The number of oxazole rings is 1. The highest BCUT2D eigenvalue weighted by molar-refractivity contribution is 5.74. The standard InChI is InChI=1S/C13H9N3O2/c17-8-15-10-5-3-9(4-6-10)13-16-12-11(18-13)2-1-7-14-12/h1-8H,(H,15,17). The van der Waals surface area contributed by atoms with E-state index in [0.717, 1.165) is 11.3 Å². The Labute approximate surface area is 102 Å². The van der Waals surface area contributed by atoms with E-state index in [-0.39, 0.29) is 0 Å². The quantitative estimate of drug-likeness (QED) is 0.713. The van der Waals surface area contributed by atoms with Crippen LogP contribution in [0, 0.1) is 0 Å². The van der Waals surface area contributed by atoms with Gasteiger partial charge in [0.05, 0.1) is 0 Å². The van der Waals surface area contributed by atoms with Crippen LogP contribution in [0.25, 0.3) is 22.7 Å². The first kappa shape index (κ1) is 10.5. The zero-order valence-electron chi connectivity index (χ0n) is 9.33. The number of nitrogens with one attached hydrogen (secondary N) is 1. The monoisotopic (exact) mass is 239 g/mol. The van der Waals surface area contributed by atoms with Crippen molar-refractivity contribution in [2.45, 2.75) is 0 Å². The molecule has 0 radical (unpaired) electrons. The van der Waals surface area contributed by atoms with Crippen LogP contribution in [0.1, 0.15) is 0 Å². The van der Waals surface area contributed by atoms with Crippen molar-refractivity contribution in [1.82, 2.24) is 9.97 Å². The number of rotatable bonds is 3. The van der Waals surface area contributed by atoms with Gasteiger partial charge in [0.2, 0.25) is 12.3 Å². The van der Waals surface area contributed by atoms with Crippen molar-refractivity contribution in [3.63, 3.8) is 0 Å². The molecule has 0 saturated heterocycles. The summed E-state index contributed by atoms with van der Waals surface area (Å²) < 4.78 is 5.59. The summed E-state index contributed by atoms with van der Waals surface area (Å²) in [5.74, 6) is 0.515. The Balaban J connectivity index is 2.00. The highest BCUT2D eigenvalue weighted by Crippen LogP contribution is 2.23. The summed E-state index contributed by atoms with van der Waals surface area (Å²) >= 11 is 0. The van der Waals surface area contributed by atoms with Crippen LogP contribution >= 0.6 is 0 Å². The molecule has 0 spiro atoms. The molecule has 18 heavy (non-hydrogen) atoms. The number of nitrogens with zero attached hydrogens (tertiary/aromatic N) is 2. The molecule has 5 nitrogen and oxygen atoms in total. The van der Waals surface area contributed by atoms with Crippen molar-refractivity contribution in [2.75, 3.05) is 5.32 Å². The summed E-state index contributed by atoms with van der Waals surface area (Å²) in [5.41, 5.74) is 2.80. The van der Waals surface area contributed by atoms with Gasteiger partial charge in [0.15, 0.2) is 11.2 Å². The van der Waals surface area contributed by atoms with Crippen molar-refractivity contribution in [3.05, 3.63) is 42.6 Å². The lowest BCUT2D eigenvalue weighted by molar-refractivity contribution is -0.105. The maximum absolute atomic E-state index is 10.3. The fourth-order valence-corrected chi connectivity index (χ4v) is 1.67. The SMILES string of the molecule is O=CNc1ccc(-c2nc3ncccc3o2)cc1. The number of carbonyl (C=O) groups is 1. The number of hydrogen-bond acceptors (Lipinski definition) is 4. The molecule has 0 aliphatic carbocycles. The van der Waals surface area contributed by atoms with Gasteiger partial charge in [-0.2, -0.15) is 4.98 Å². The van der Waals surface area contributed by atoms with Crippen LogP contribution < -0.4 is 5.32 Å². The van der Waals surface area contributed by atoms with Crippen molar-refractivity contribution in [3.8, 4) is 11.5 Å². The van der Waals surface area contributed by atoms with E-state index in [4.69, 9.17) is 4.42 Å². The number of pyridine rings is 1. The summed E-state index contributed by atoms with van der Waals surface area (Å²) in [4.78, 5) is 18.7. The molecule has 0 unspecified atom stereocenters. The van der Waals surface area contributed by atoms with Gasteiger partial charge in [0.25, 0.3) is 0 Å². The molecule has 0 fully saturated rings. The van der Waals surface area contributed by atoms with Gasteiger partial charge in [-0.1, -0.05) is 0 Å². The molecule has 0 aliphatic heterocycles. The average Bonchev–Trinajstić information content (AvgIpc) is 2.84. The summed E-state index contributed by atoms with van der Waals surface area (Å²) in [5, 5.41) is 2.57. The molecule has 88 valence electrons. The van der Waals surface area contributed by atoms with Crippen molar-refractivity contribution in [1.29, 1.82) is 0 Å². The van der Waals surface area contributed by atoms with Crippen molar-refractivity contribution < 1.29 is 9.21 Å². The second-order valence-electron chi connectivity index (χ2n) is 3.68. The molecule has 0 bridgehead atoms. The summed E-state index contributed by atoms with van der Waals surface area (Å²) in [6.45, 7) is 0. The number of fused-ring (bicyclic) bond motifs is 1. The molecule has 3 rings (SSSR count). The number of hydrogen-bond donors (Lipinski definition) is 1. The van der Waals surface area contributed by atoms with Gasteiger partial charge >= 0.3 is 0 Å². The van der Waals surface area contributed by atoms with Gasteiger partial charge < -0.3 is 9.73 Å². The lowest BCUT2D eigenvalue weighted by Gasteiger charge is -1.98. The van der Waals surface area contributed by atoms with Crippen LogP contribution in [0.3, 0.4) is 0 Å². The van der Waals surface area contributed by atoms with Crippen LogP contribution in [0.2, 0.25) is 0 Å². The average molecular weight is 239 g/mol. The molecular weight excluding hydrogens is 230 g/mol. The number of benzene rings is 1. The largest absolute Gasteiger partial charge is 0.434 e. The number of aromatic nitrogens is 2. The van der Waals surface area contributed by atoms with E-state index in [9.17, 15) is 4.79 Å². The second kappa shape index (κ2) is 4.29. The molecule has 1 N–H and O–H groups in total. The van der Waals surface area contributed by atoms with Crippen LogP contribution in [0.5, 0.6) is 0 Å². The van der Waals surface area contributed by atoms with Crippen LogP contribution in [0.15, 0.2) is 47.0 Å². The first-order valence-corrected chi connectivity index (χ1v) is 5.39. The number of anilines is 1. The molecule has 5 heteroatoms. The zero-order chi connectivity index (χ0) is 12.4. The van der Waals surface area contributed by atoms with Crippen molar-refractivity contribution in [2.24, 2.45) is 0 Å². The molecule has 0 saturated carbocycles. The molecule has 0 aliphatic rings. The van der Waals surface area contributed by atoms with Gasteiger partial charge in [-0.05, 0) is 36.4 Å². The fourth-order valence-electron chi connectivity index (χ4n) is 1.67. The molecule has 1 aromatic carbocycles. The number of carbonyl (C=O) groups excluding carboxylic acids is 1. The molecule has 1 amide bonds. The summed E-state index contributed by atoms with van der Waals surface area (Å²) in [6, 6.07) is 10.8. The van der Waals surface area contributed by atoms with E-state index < -0.39 is 0 Å². The van der Waals surface area contributed by atoms with E-state index in [0.29, 0.717) is 23.5 Å². The molecular formula is C13H9N3O2. The van der Waals surface area contributed by atoms with Gasteiger partial charge in [-0.15, -0.1) is 0 Å². The van der Waals surface area contributed by atoms with Gasteiger partial charge in [-0.3, -0.25) is 4.79 Å². The molecule has 2 aromatic heterocycles. The predicted octanol–water partition coefficient (Wildman–Crippen LogP) is 2.46. The Morgan fingerprint density at radius 3 is 2.72 bits per heavy atom. The Morgan fingerprint density at radius 2 is 2.00 bits per heavy atom. The molecule has 0 atom stereocenters. The normalized spacial score (nSPS) is 10.4. The molecule has 2 heterocycles. The highest BCUT2D eigenvalue weighted by Gasteiger charge is 2.08.